The lowest BCUT2D eigenvalue weighted by atomic mass is 10.2. The normalized spacial score (nSPS) is 9.88. The number of hydrogen-bond donors (Lipinski definition) is 0. The molecule has 0 N–H and O–H groups in total. The number of halogens is 3. The highest BCUT2D eigenvalue weighted by Crippen LogP contribution is 2.09. The lowest BCUT2D eigenvalue weighted by Gasteiger charge is -2.05. The molecule has 0 saturated heterocycles. The Balaban J connectivity index is 0.00000128. The Bertz CT molecular complexity index is 440. The van der Waals surface area contributed by atoms with E-state index in [1.54, 1.807) is 24.7 Å². The van der Waals surface area contributed by atoms with E-state index in [0.29, 0.717) is 12.4 Å². The Morgan fingerprint density at radius 3 is 2.56 bits per heavy atom. The summed E-state index contributed by atoms with van der Waals surface area (Å²) < 4.78 is 14.6. The van der Waals surface area contributed by atoms with Gasteiger partial charge in [-0.3, -0.25) is 0 Å². The Kier molecular flexibility index (Phi) is 4.77. The molecule has 1 aromatic heterocycles. The van der Waals surface area contributed by atoms with Gasteiger partial charge >= 0.3 is 0 Å². The smallest absolute Gasteiger partial charge is 0.123 e. The molecular formula is C11H11Cl2FN2. The van der Waals surface area contributed by atoms with Crippen LogP contribution in [0.2, 0.25) is 0 Å². The van der Waals surface area contributed by atoms with E-state index in [-0.39, 0.29) is 18.2 Å². The van der Waals surface area contributed by atoms with Crippen molar-refractivity contribution in [3.8, 4) is 0 Å². The van der Waals surface area contributed by atoms with E-state index in [9.17, 15) is 4.39 Å². The summed E-state index contributed by atoms with van der Waals surface area (Å²) in [4.78, 5) is 4.01. The summed E-state index contributed by atoms with van der Waals surface area (Å²) in [6.07, 6.45) is 3.46. The Morgan fingerprint density at radius 1 is 1.25 bits per heavy atom. The van der Waals surface area contributed by atoms with Crippen LogP contribution in [0.25, 0.3) is 0 Å². The number of alkyl halides is 1. The molecule has 16 heavy (non-hydrogen) atoms. The van der Waals surface area contributed by atoms with E-state index >= 15 is 0 Å². The second-order valence-electron chi connectivity index (χ2n) is 3.27. The molecule has 0 spiro atoms. The van der Waals surface area contributed by atoms with Crippen LogP contribution in [0.15, 0.2) is 36.8 Å². The number of rotatable bonds is 3. The first-order valence-corrected chi connectivity index (χ1v) is 5.12. The maximum absolute atomic E-state index is 12.7. The number of imidazole rings is 1. The molecule has 1 aromatic carbocycles. The zero-order valence-electron chi connectivity index (χ0n) is 8.44. The monoisotopic (exact) mass is 260 g/mol. The average molecular weight is 261 g/mol. The number of aromatic nitrogens is 2. The molecule has 2 rings (SSSR count). The van der Waals surface area contributed by atoms with Crippen LogP contribution in [0.5, 0.6) is 0 Å². The molecule has 0 atom stereocenters. The lowest BCUT2D eigenvalue weighted by Crippen LogP contribution is -2.01. The summed E-state index contributed by atoms with van der Waals surface area (Å²) in [6.45, 7) is 0.669. The van der Waals surface area contributed by atoms with Gasteiger partial charge in [-0.25, -0.2) is 9.37 Å². The molecule has 2 aromatic rings. The van der Waals surface area contributed by atoms with Crippen molar-refractivity contribution in [2.24, 2.45) is 0 Å². The first-order chi connectivity index (χ1) is 7.29. The molecule has 0 unspecified atom stereocenters. The summed E-state index contributed by atoms with van der Waals surface area (Å²) in [5.74, 6) is 0.211. The minimum atomic E-state index is -0.220. The topological polar surface area (TPSA) is 17.8 Å². The van der Waals surface area contributed by atoms with Crippen molar-refractivity contribution in [1.82, 2.24) is 9.55 Å². The molecular weight excluding hydrogens is 250 g/mol. The van der Waals surface area contributed by atoms with Crippen molar-refractivity contribution < 1.29 is 4.39 Å². The van der Waals surface area contributed by atoms with Gasteiger partial charge in [0.25, 0.3) is 0 Å². The van der Waals surface area contributed by atoms with Crippen LogP contribution in [-0.2, 0) is 12.4 Å². The van der Waals surface area contributed by atoms with E-state index in [4.69, 9.17) is 11.6 Å². The van der Waals surface area contributed by atoms with Crippen LogP contribution >= 0.6 is 24.0 Å². The minimum Gasteiger partial charge on any atom is -0.329 e. The van der Waals surface area contributed by atoms with Gasteiger partial charge in [0.15, 0.2) is 0 Å². The van der Waals surface area contributed by atoms with Gasteiger partial charge in [-0.1, -0.05) is 12.1 Å². The standard InChI is InChI=1S/C11H10ClFN2.ClH/c12-5-11-6-14-8-15(11)7-9-1-3-10(13)4-2-9;/h1-4,6,8H,5,7H2;1H. The third-order valence-electron chi connectivity index (χ3n) is 2.20. The number of nitrogens with zero attached hydrogens (tertiary/aromatic N) is 2. The van der Waals surface area contributed by atoms with Crippen molar-refractivity contribution in [1.29, 1.82) is 0 Å². The van der Waals surface area contributed by atoms with E-state index in [1.807, 2.05) is 4.57 Å². The van der Waals surface area contributed by atoms with E-state index in [1.165, 1.54) is 12.1 Å². The van der Waals surface area contributed by atoms with Gasteiger partial charge in [-0.05, 0) is 17.7 Å². The van der Waals surface area contributed by atoms with Crippen LogP contribution in [0.4, 0.5) is 4.39 Å². The molecule has 1 heterocycles. The van der Waals surface area contributed by atoms with Gasteiger partial charge in [0.05, 0.1) is 17.9 Å². The molecule has 0 aliphatic carbocycles. The van der Waals surface area contributed by atoms with Crippen molar-refractivity contribution >= 4 is 24.0 Å². The molecule has 0 aliphatic heterocycles. The van der Waals surface area contributed by atoms with Crippen molar-refractivity contribution in [2.45, 2.75) is 12.4 Å². The minimum absolute atomic E-state index is 0. The molecule has 5 heteroatoms. The Labute approximate surface area is 104 Å². The second kappa shape index (κ2) is 5.87. The summed E-state index contributed by atoms with van der Waals surface area (Å²) in [5, 5.41) is 0. The summed E-state index contributed by atoms with van der Waals surface area (Å²) >= 11 is 5.74. The maximum atomic E-state index is 12.7. The van der Waals surface area contributed by atoms with Gasteiger partial charge in [0.1, 0.15) is 5.82 Å². The van der Waals surface area contributed by atoms with E-state index < -0.39 is 0 Å². The fraction of sp³-hybridized carbons (Fsp3) is 0.182. The van der Waals surface area contributed by atoms with Crippen LogP contribution in [0, 0.1) is 5.82 Å². The third-order valence-corrected chi connectivity index (χ3v) is 2.48. The van der Waals surface area contributed by atoms with Crippen molar-refractivity contribution in [3.05, 3.63) is 53.9 Å². The Morgan fingerprint density at radius 2 is 1.94 bits per heavy atom. The lowest BCUT2D eigenvalue weighted by molar-refractivity contribution is 0.626. The van der Waals surface area contributed by atoms with Gasteiger partial charge < -0.3 is 4.57 Å². The quantitative estimate of drug-likeness (QED) is 0.775. The van der Waals surface area contributed by atoms with Gasteiger partial charge in [0, 0.05) is 12.7 Å². The Hall–Kier alpha value is -1.06. The third kappa shape index (κ3) is 2.97. The van der Waals surface area contributed by atoms with Gasteiger partial charge in [-0.15, -0.1) is 24.0 Å². The number of hydrogen-bond acceptors (Lipinski definition) is 1. The highest BCUT2D eigenvalue weighted by molar-refractivity contribution is 6.16. The number of benzene rings is 1. The molecule has 0 amide bonds. The molecule has 0 bridgehead atoms. The van der Waals surface area contributed by atoms with Crippen LogP contribution < -0.4 is 0 Å². The van der Waals surface area contributed by atoms with E-state index in [0.717, 1.165) is 11.3 Å². The summed E-state index contributed by atoms with van der Waals surface area (Å²) in [7, 11) is 0. The van der Waals surface area contributed by atoms with E-state index in [2.05, 4.69) is 4.98 Å². The first-order valence-electron chi connectivity index (χ1n) is 4.59. The first kappa shape index (κ1) is 13.0. The molecule has 0 fully saturated rings. The average Bonchev–Trinajstić information content (AvgIpc) is 2.69. The molecule has 0 aliphatic rings. The zero-order chi connectivity index (χ0) is 10.7. The maximum Gasteiger partial charge on any atom is 0.123 e. The van der Waals surface area contributed by atoms with Crippen LogP contribution in [0.3, 0.4) is 0 Å². The fourth-order valence-corrected chi connectivity index (χ4v) is 1.61. The van der Waals surface area contributed by atoms with Crippen LogP contribution in [0.1, 0.15) is 11.3 Å². The zero-order valence-corrected chi connectivity index (χ0v) is 10.0. The van der Waals surface area contributed by atoms with Crippen molar-refractivity contribution in [2.75, 3.05) is 0 Å². The fourth-order valence-electron chi connectivity index (χ4n) is 1.39. The largest absolute Gasteiger partial charge is 0.329 e. The van der Waals surface area contributed by atoms with Crippen LogP contribution in [-0.4, -0.2) is 9.55 Å². The molecule has 2 nitrogen and oxygen atoms in total. The predicted molar refractivity (Wildman–Crippen MR) is 64.5 cm³/mol. The molecule has 0 radical (unpaired) electrons. The highest BCUT2D eigenvalue weighted by Gasteiger charge is 2.01. The van der Waals surface area contributed by atoms with Gasteiger partial charge in [-0.2, -0.15) is 0 Å². The highest BCUT2D eigenvalue weighted by atomic mass is 35.5. The molecule has 0 saturated carbocycles. The molecule has 86 valence electrons. The van der Waals surface area contributed by atoms with Gasteiger partial charge in [0.2, 0.25) is 0 Å². The van der Waals surface area contributed by atoms with Crippen molar-refractivity contribution in [3.63, 3.8) is 0 Å². The second-order valence-corrected chi connectivity index (χ2v) is 3.54. The summed E-state index contributed by atoms with van der Waals surface area (Å²) in [6, 6.07) is 6.42. The summed E-state index contributed by atoms with van der Waals surface area (Å²) in [5.41, 5.74) is 1.99. The predicted octanol–water partition coefficient (Wildman–Crippen LogP) is 3.23. The SMILES string of the molecule is Cl.Fc1ccc(Cn2cncc2CCl)cc1.